The predicted molar refractivity (Wildman–Crippen MR) is 50.2 cm³/mol. The lowest BCUT2D eigenvalue weighted by Gasteiger charge is -2.40. The Bertz CT molecular complexity index is 200. The molecular weight excluding hydrogens is 205 g/mol. The van der Waals surface area contributed by atoms with Gasteiger partial charge in [0, 0.05) is 5.41 Å². The van der Waals surface area contributed by atoms with Crippen LogP contribution in [0.2, 0.25) is 0 Å². The molecule has 0 unspecified atom stereocenters. The van der Waals surface area contributed by atoms with Gasteiger partial charge in [-0.1, -0.05) is 20.8 Å². The van der Waals surface area contributed by atoms with Gasteiger partial charge in [0.25, 0.3) is 0 Å². The van der Waals surface area contributed by atoms with E-state index in [1.165, 1.54) is 0 Å². The number of hydrogen-bond acceptors (Lipinski definition) is 1. The molecule has 1 fully saturated rings. The van der Waals surface area contributed by atoms with Crippen LogP contribution in [0.5, 0.6) is 0 Å². The van der Waals surface area contributed by atoms with E-state index < -0.39 is 6.17 Å². The number of carbonyl (C=O) groups excluding carboxylic acids is 1. The van der Waals surface area contributed by atoms with Crippen LogP contribution in [0.3, 0.4) is 0 Å². The van der Waals surface area contributed by atoms with Gasteiger partial charge in [-0.15, -0.1) is 0 Å². The second kappa shape index (κ2) is 4.96. The smallest absolute Gasteiger partial charge is 0.228 e. The molecule has 0 aromatic rings. The average molecular weight is 223 g/mol. The maximum Gasteiger partial charge on any atom is 0.228 e. The summed E-state index contributed by atoms with van der Waals surface area (Å²) in [5.41, 5.74) is -0.278. The van der Waals surface area contributed by atoms with Gasteiger partial charge in [-0.05, 0) is 12.8 Å². The Morgan fingerprint density at radius 1 is 1.43 bits per heavy atom. The number of hydrogen-bond donors (Lipinski definition) is 0. The van der Waals surface area contributed by atoms with E-state index in [0.29, 0.717) is 13.1 Å². The van der Waals surface area contributed by atoms with Crippen molar-refractivity contribution in [2.24, 2.45) is 5.41 Å². The van der Waals surface area contributed by atoms with Crippen molar-refractivity contribution in [3.05, 3.63) is 0 Å². The summed E-state index contributed by atoms with van der Waals surface area (Å²) in [5, 5.41) is 0. The molecule has 0 aliphatic carbocycles. The zero-order chi connectivity index (χ0) is 10.1. The maximum atomic E-state index is 12.5. The van der Waals surface area contributed by atoms with E-state index >= 15 is 0 Å². The fourth-order valence-corrected chi connectivity index (χ4v) is 1.52. The summed E-state index contributed by atoms with van der Waals surface area (Å²) in [6, 6.07) is 0. The number of amides is 1. The third-order valence-electron chi connectivity index (χ3n) is 3.20. The minimum absolute atomic E-state index is 0. The first-order chi connectivity index (χ1) is 6.03. The SMILES string of the molecule is CCC(C)(CC)C(=O)N1CC(F)C1.[Cl-]. The van der Waals surface area contributed by atoms with Crippen LogP contribution in [0.1, 0.15) is 33.6 Å². The summed E-state index contributed by atoms with van der Waals surface area (Å²) in [6.45, 7) is 6.58. The number of alkyl halides is 1. The molecule has 1 amide bonds. The molecule has 1 aliphatic heterocycles. The maximum absolute atomic E-state index is 12.5. The van der Waals surface area contributed by atoms with Gasteiger partial charge < -0.3 is 17.3 Å². The number of carbonyl (C=O) groups is 1. The summed E-state index contributed by atoms with van der Waals surface area (Å²) in [7, 11) is 0. The van der Waals surface area contributed by atoms with Crippen LogP contribution < -0.4 is 12.4 Å². The van der Waals surface area contributed by atoms with Crippen molar-refractivity contribution in [1.82, 2.24) is 4.90 Å². The van der Waals surface area contributed by atoms with Gasteiger partial charge >= 0.3 is 0 Å². The monoisotopic (exact) mass is 222 g/mol. The first-order valence-corrected chi connectivity index (χ1v) is 4.97. The highest BCUT2D eigenvalue weighted by Gasteiger charge is 2.39. The number of rotatable bonds is 3. The molecule has 0 N–H and O–H groups in total. The van der Waals surface area contributed by atoms with Crippen molar-refractivity contribution >= 4 is 5.91 Å². The van der Waals surface area contributed by atoms with Crippen molar-refractivity contribution in [3.63, 3.8) is 0 Å². The van der Waals surface area contributed by atoms with Crippen LogP contribution in [-0.2, 0) is 4.79 Å². The van der Waals surface area contributed by atoms with Gasteiger partial charge in [-0.25, -0.2) is 4.39 Å². The Hall–Kier alpha value is -0.310. The average Bonchev–Trinajstić information content (AvgIpc) is 2.10. The van der Waals surface area contributed by atoms with Crippen LogP contribution in [-0.4, -0.2) is 30.1 Å². The third kappa shape index (κ3) is 2.38. The molecule has 4 heteroatoms. The number of nitrogens with zero attached hydrogens (tertiary/aromatic N) is 1. The van der Waals surface area contributed by atoms with Gasteiger partial charge in [0.2, 0.25) is 5.91 Å². The van der Waals surface area contributed by atoms with E-state index in [9.17, 15) is 9.18 Å². The van der Waals surface area contributed by atoms with E-state index in [1.807, 2.05) is 20.8 Å². The molecule has 84 valence electrons. The van der Waals surface area contributed by atoms with Crippen molar-refractivity contribution in [3.8, 4) is 0 Å². The van der Waals surface area contributed by atoms with Crippen LogP contribution in [0, 0.1) is 5.41 Å². The molecule has 1 rings (SSSR count). The summed E-state index contributed by atoms with van der Waals surface area (Å²) in [5.74, 6) is 0.117. The highest BCUT2D eigenvalue weighted by molar-refractivity contribution is 5.83. The summed E-state index contributed by atoms with van der Waals surface area (Å²) < 4.78 is 12.5. The molecule has 14 heavy (non-hydrogen) atoms. The highest BCUT2D eigenvalue weighted by Crippen LogP contribution is 2.30. The fraction of sp³-hybridized carbons (Fsp3) is 0.900. The zero-order valence-corrected chi connectivity index (χ0v) is 9.77. The highest BCUT2D eigenvalue weighted by atomic mass is 35.5. The van der Waals surface area contributed by atoms with Crippen LogP contribution in [0.4, 0.5) is 4.39 Å². The first-order valence-electron chi connectivity index (χ1n) is 4.97. The molecule has 1 saturated heterocycles. The Balaban J connectivity index is 0.00000169. The molecule has 0 atom stereocenters. The second-order valence-corrected chi connectivity index (χ2v) is 4.08. The summed E-state index contributed by atoms with van der Waals surface area (Å²) >= 11 is 0. The molecule has 0 aromatic carbocycles. The van der Waals surface area contributed by atoms with E-state index in [2.05, 4.69) is 0 Å². The number of halogens is 2. The largest absolute Gasteiger partial charge is 1.00 e. The summed E-state index contributed by atoms with van der Waals surface area (Å²) in [6.07, 6.45) is 0.868. The van der Waals surface area contributed by atoms with Crippen LogP contribution >= 0.6 is 0 Å². The van der Waals surface area contributed by atoms with E-state index in [1.54, 1.807) is 4.90 Å². The van der Waals surface area contributed by atoms with E-state index in [-0.39, 0.29) is 23.7 Å². The lowest BCUT2D eigenvalue weighted by atomic mass is 9.82. The van der Waals surface area contributed by atoms with Gasteiger partial charge in [-0.2, -0.15) is 0 Å². The summed E-state index contributed by atoms with van der Waals surface area (Å²) in [4.78, 5) is 13.4. The standard InChI is InChI=1S/C10H18FNO.ClH/c1-4-10(3,5-2)9(13)12-6-8(11)7-12;/h8H,4-7H2,1-3H3;1H/p-1. The van der Waals surface area contributed by atoms with E-state index in [0.717, 1.165) is 12.8 Å². The third-order valence-corrected chi connectivity index (χ3v) is 3.20. The minimum Gasteiger partial charge on any atom is -1.00 e. The van der Waals surface area contributed by atoms with Gasteiger partial charge in [-0.3, -0.25) is 4.79 Å². The van der Waals surface area contributed by atoms with Crippen molar-refractivity contribution in [2.45, 2.75) is 39.8 Å². The predicted octanol–water partition coefficient (Wildman–Crippen LogP) is -1.00. The van der Waals surface area contributed by atoms with Crippen LogP contribution in [0.15, 0.2) is 0 Å². The normalized spacial score (nSPS) is 17.3. The van der Waals surface area contributed by atoms with Gasteiger partial charge in [0.05, 0.1) is 13.1 Å². The Kier molecular flexibility index (Phi) is 4.85. The molecule has 2 nitrogen and oxygen atoms in total. The lowest BCUT2D eigenvalue weighted by Crippen LogP contribution is -3.00. The molecule has 0 spiro atoms. The molecule has 1 heterocycles. The quantitative estimate of drug-likeness (QED) is 0.600. The Morgan fingerprint density at radius 2 is 1.86 bits per heavy atom. The Labute approximate surface area is 91.3 Å². The first kappa shape index (κ1) is 13.7. The minimum atomic E-state index is -0.790. The molecule has 1 aliphatic rings. The molecule has 0 bridgehead atoms. The van der Waals surface area contributed by atoms with Crippen molar-refractivity contribution < 1.29 is 21.6 Å². The topological polar surface area (TPSA) is 20.3 Å². The van der Waals surface area contributed by atoms with E-state index in [4.69, 9.17) is 0 Å². The molecular formula is C10H18ClFNO-. The molecule has 0 radical (unpaired) electrons. The van der Waals surface area contributed by atoms with Gasteiger partial charge in [0.1, 0.15) is 6.17 Å². The second-order valence-electron chi connectivity index (χ2n) is 4.08. The number of likely N-dealkylation sites (tertiary alicyclic amines) is 1. The Morgan fingerprint density at radius 3 is 2.14 bits per heavy atom. The van der Waals surface area contributed by atoms with Gasteiger partial charge in [0.15, 0.2) is 0 Å². The van der Waals surface area contributed by atoms with Crippen LogP contribution in [0.25, 0.3) is 0 Å². The van der Waals surface area contributed by atoms with Crippen molar-refractivity contribution in [1.29, 1.82) is 0 Å². The fourth-order valence-electron chi connectivity index (χ4n) is 1.52. The molecule has 0 aromatic heterocycles. The zero-order valence-electron chi connectivity index (χ0n) is 9.02. The van der Waals surface area contributed by atoms with Crippen molar-refractivity contribution in [2.75, 3.05) is 13.1 Å². The molecule has 0 saturated carbocycles. The lowest BCUT2D eigenvalue weighted by molar-refractivity contribution is -0.149.